The molecule has 2 N–H and O–H groups in total. The van der Waals surface area contributed by atoms with Gasteiger partial charge in [0.05, 0.1) is 18.2 Å². The van der Waals surface area contributed by atoms with Gasteiger partial charge in [-0.25, -0.2) is 4.98 Å². The molecule has 0 aliphatic heterocycles. The number of aryl methyl sites for hydroxylation is 1. The zero-order valence-corrected chi connectivity index (χ0v) is 8.55. The van der Waals surface area contributed by atoms with Crippen molar-refractivity contribution in [2.75, 3.05) is 5.73 Å². The SMILES string of the molecule is Cn1cncc1COc1ccc(N)cc1. The first-order chi connectivity index (χ1) is 7.25. The molecule has 0 saturated carbocycles. The lowest BCUT2D eigenvalue weighted by atomic mass is 10.3. The molecule has 0 bridgehead atoms. The van der Waals surface area contributed by atoms with Crippen molar-refractivity contribution in [1.29, 1.82) is 0 Å². The Bertz CT molecular complexity index is 433. The van der Waals surface area contributed by atoms with Crippen molar-refractivity contribution in [2.24, 2.45) is 7.05 Å². The first-order valence-electron chi connectivity index (χ1n) is 4.69. The van der Waals surface area contributed by atoms with Gasteiger partial charge in [0.1, 0.15) is 12.4 Å². The molecule has 15 heavy (non-hydrogen) atoms. The predicted molar refractivity (Wildman–Crippen MR) is 58.4 cm³/mol. The fourth-order valence-corrected chi connectivity index (χ4v) is 1.25. The zero-order valence-electron chi connectivity index (χ0n) is 8.55. The number of nitrogens with two attached hydrogens (primary N) is 1. The van der Waals surface area contributed by atoms with Crippen molar-refractivity contribution in [3.63, 3.8) is 0 Å². The lowest BCUT2D eigenvalue weighted by molar-refractivity contribution is 0.297. The van der Waals surface area contributed by atoms with Crippen LogP contribution in [0.3, 0.4) is 0 Å². The topological polar surface area (TPSA) is 53.1 Å². The minimum atomic E-state index is 0.514. The molecule has 0 radical (unpaired) electrons. The summed E-state index contributed by atoms with van der Waals surface area (Å²) >= 11 is 0. The molecule has 2 rings (SSSR count). The minimum absolute atomic E-state index is 0.514. The molecule has 4 nitrogen and oxygen atoms in total. The summed E-state index contributed by atoms with van der Waals surface area (Å²) < 4.78 is 7.50. The smallest absolute Gasteiger partial charge is 0.130 e. The Hall–Kier alpha value is -1.97. The highest BCUT2D eigenvalue weighted by Crippen LogP contribution is 2.14. The van der Waals surface area contributed by atoms with Gasteiger partial charge < -0.3 is 15.0 Å². The Morgan fingerprint density at radius 3 is 2.67 bits per heavy atom. The minimum Gasteiger partial charge on any atom is -0.487 e. The fourth-order valence-electron chi connectivity index (χ4n) is 1.25. The van der Waals surface area contributed by atoms with Gasteiger partial charge in [0, 0.05) is 12.7 Å². The van der Waals surface area contributed by atoms with Gasteiger partial charge in [-0.3, -0.25) is 0 Å². The summed E-state index contributed by atoms with van der Waals surface area (Å²) in [5, 5.41) is 0. The summed E-state index contributed by atoms with van der Waals surface area (Å²) in [6.45, 7) is 0.514. The maximum Gasteiger partial charge on any atom is 0.130 e. The molecule has 0 unspecified atom stereocenters. The van der Waals surface area contributed by atoms with E-state index in [4.69, 9.17) is 10.5 Å². The van der Waals surface area contributed by atoms with Crippen molar-refractivity contribution in [3.05, 3.63) is 42.5 Å². The van der Waals surface area contributed by atoms with Crippen LogP contribution in [0.25, 0.3) is 0 Å². The number of nitrogen functional groups attached to an aromatic ring is 1. The highest BCUT2D eigenvalue weighted by atomic mass is 16.5. The molecule has 1 aromatic carbocycles. The summed E-state index contributed by atoms with van der Waals surface area (Å²) in [7, 11) is 1.94. The van der Waals surface area contributed by atoms with E-state index in [-0.39, 0.29) is 0 Å². The van der Waals surface area contributed by atoms with E-state index in [9.17, 15) is 0 Å². The summed E-state index contributed by atoms with van der Waals surface area (Å²) in [5.74, 6) is 0.811. The highest BCUT2D eigenvalue weighted by molar-refractivity contribution is 5.41. The largest absolute Gasteiger partial charge is 0.487 e. The van der Waals surface area contributed by atoms with Crippen molar-refractivity contribution in [3.8, 4) is 5.75 Å². The number of nitrogens with zero attached hydrogens (tertiary/aromatic N) is 2. The third-order valence-electron chi connectivity index (χ3n) is 2.18. The van der Waals surface area contributed by atoms with E-state index in [1.807, 2.05) is 35.9 Å². The van der Waals surface area contributed by atoms with Gasteiger partial charge in [0.15, 0.2) is 0 Å². The van der Waals surface area contributed by atoms with Crippen LogP contribution in [0.5, 0.6) is 5.75 Å². The van der Waals surface area contributed by atoms with E-state index in [1.165, 1.54) is 0 Å². The summed E-state index contributed by atoms with van der Waals surface area (Å²) in [6.07, 6.45) is 3.54. The van der Waals surface area contributed by atoms with Crippen LogP contribution in [0.1, 0.15) is 5.69 Å². The van der Waals surface area contributed by atoms with E-state index in [0.717, 1.165) is 17.1 Å². The Morgan fingerprint density at radius 2 is 2.07 bits per heavy atom. The van der Waals surface area contributed by atoms with Crippen molar-refractivity contribution in [2.45, 2.75) is 6.61 Å². The number of rotatable bonds is 3. The molecule has 1 heterocycles. The molecule has 0 aliphatic carbocycles. The third-order valence-corrected chi connectivity index (χ3v) is 2.18. The monoisotopic (exact) mass is 203 g/mol. The van der Waals surface area contributed by atoms with E-state index < -0.39 is 0 Å². The molecular formula is C11H13N3O. The number of benzene rings is 1. The third kappa shape index (κ3) is 2.28. The second-order valence-electron chi connectivity index (χ2n) is 3.35. The number of ether oxygens (including phenoxy) is 1. The van der Waals surface area contributed by atoms with Gasteiger partial charge in [-0.1, -0.05) is 0 Å². The number of hydrogen-bond acceptors (Lipinski definition) is 3. The molecule has 0 saturated heterocycles. The molecule has 4 heteroatoms. The lowest BCUT2D eigenvalue weighted by Crippen LogP contribution is -2.01. The first-order valence-corrected chi connectivity index (χ1v) is 4.69. The fraction of sp³-hybridized carbons (Fsp3) is 0.182. The Labute approximate surface area is 88.3 Å². The van der Waals surface area contributed by atoms with Crippen LogP contribution in [-0.2, 0) is 13.7 Å². The van der Waals surface area contributed by atoms with Gasteiger partial charge >= 0.3 is 0 Å². The number of hydrogen-bond donors (Lipinski definition) is 1. The highest BCUT2D eigenvalue weighted by Gasteiger charge is 1.99. The molecule has 0 amide bonds. The summed E-state index contributed by atoms with van der Waals surface area (Å²) in [6, 6.07) is 7.34. The number of imidazole rings is 1. The van der Waals surface area contributed by atoms with E-state index in [0.29, 0.717) is 6.61 Å². The van der Waals surface area contributed by atoms with Gasteiger partial charge in [-0.15, -0.1) is 0 Å². The van der Waals surface area contributed by atoms with Crippen molar-refractivity contribution in [1.82, 2.24) is 9.55 Å². The quantitative estimate of drug-likeness (QED) is 0.770. The molecule has 1 aromatic heterocycles. The van der Waals surface area contributed by atoms with Crippen LogP contribution in [0.2, 0.25) is 0 Å². The average molecular weight is 203 g/mol. The van der Waals surface area contributed by atoms with Crippen LogP contribution in [0, 0.1) is 0 Å². The van der Waals surface area contributed by atoms with Crippen LogP contribution < -0.4 is 10.5 Å². The van der Waals surface area contributed by atoms with Crippen LogP contribution >= 0.6 is 0 Å². The van der Waals surface area contributed by atoms with Crippen molar-refractivity contribution >= 4 is 5.69 Å². The molecule has 0 fully saturated rings. The summed E-state index contributed by atoms with van der Waals surface area (Å²) in [5.41, 5.74) is 7.34. The summed E-state index contributed by atoms with van der Waals surface area (Å²) in [4.78, 5) is 4.01. The van der Waals surface area contributed by atoms with Crippen LogP contribution in [0.15, 0.2) is 36.8 Å². The number of aromatic nitrogens is 2. The van der Waals surface area contributed by atoms with E-state index >= 15 is 0 Å². The van der Waals surface area contributed by atoms with Crippen LogP contribution in [0.4, 0.5) is 5.69 Å². The Kier molecular flexibility index (Phi) is 2.58. The molecule has 2 aromatic rings. The molecule has 0 atom stereocenters. The van der Waals surface area contributed by atoms with Gasteiger partial charge in [-0.2, -0.15) is 0 Å². The molecule has 0 aliphatic rings. The van der Waals surface area contributed by atoms with E-state index in [2.05, 4.69) is 4.98 Å². The molecular weight excluding hydrogens is 190 g/mol. The van der Waals surface area contributed by atoms with Crippen molar-refractivity contribution < 1.29 is 4.74 Å². The van der Waals surface area contributed by atoms with Gasteiger partial charge in [0.25, 0.3) is 0 Å². The number of anilines is 1. The zero-order chi connectivity index (χ0) is 10.7. The van der Waals surface area contributed by atoms with E-state index in [1.54, 1.807) is 12.5 Å². The standard InChI is InChI=1S/C11H13N3O/c1-14-8-13-6-10(14)7-15-11-4-2-9(12)3-5-11/h2-6,8H,7,12H2,1H3. The normalized spacial score (nSPS) is 10.2. The average Bonchev–Trinajstić information content (AvgIpc) is 2.63. The lowest BCUT2D eigenvalue weighted by Gasteiger charge is -2.06. The van der Waals surface area contributed by atoms with Gasteiger partial charge in [0.2, 0.25) is 0 Å². The second-order valence-corrected chi connectivity index (χ2v) is 3.35. The van der Waals surface area contributed by atoms with Gasteiger partial charge in [-0.05, 0) is 24.3 Å². The van der Waals surface area contributed by atoms with Crippen LogP contribution in [-0.4, -0.2) is 9.55 Å². The first kappa shape index (κ1) is 9.58. The Balaban J connectivity index is 1.99. The molecule has 0 spiro atoms. The predicted octanol–water partition coefficient (Wildman–Crippen LogP) is 1.58. The Morgan fingerprint density at radius 1 is 1.33 bits per heavy atom. The second kappa shape index (κ2) is 4.04. The maximum absolute atomic E-state index is 5.57. The molecule has 78 valence electrons. The maximum atomic E-state index is 5.57.